The molecule has 82 valence electrons. The lowest BCUT2D eigenvalue weighted by Crippen LogP contribution is -2.25. The van der Waals surface area contributed by atoms with Crippen LogP contribution in [0.15, 0.2) is 24.3 Å². The lowest BCUT2D eigenvalue weighted by atomic mass is 10.2. The van der Waals surface area contributed by atoms with E-state index in [1.807, 2.05) is 0 Å². The normalized spacial score (nSPS) is 10.0. The first-order valence-corrected chi connectivity index (χ1v) is 5.36. The highest BCUT2D eigenvalue weighted by Crippen LogP contribution is 2.14. The van der Waals surface area contributed by atoms with Gasteiger partial charge in [0.25, 0.3) is 5.91 Å². The number of hydrogen-bond acceptors (Lipinski definition) is 2. The van der Waals surface area contributed by atoms with Crippen LogP contribution in [-0.2, 0) is 0 Å². The van der Waals surface area contributed by atoms with Gasteiger partial charge in [0.15, 0.2) is 0 Å². The predicted octanol–water partition coefficient (Wildman–Crippen LogP) is 1.81. The summed E-state index contributed by atoms with van der Waals surface area (Å²) < 4.78 is 0. The number of unbranched alkanes of at least 4 members (excludes halogenated alkanes) is 1. The Hall–Kier alpha value is -1.06. The van der Waals surface area contributed by atoms with E-state index < -0.39 is 0 Å². The molecule has 0 heterocycles. The molecule has 15 heavy (non-hydrogen) atoms. The molecule has 0 unspecified atom stereocenters. The van der Waals surface area contributed by atoms with Crippen LogP contribution in [0, 0.1) is 0 Å². The van der Waals surface area contributed by atoms with E-state index >= 15 is 0 Å². The molecule has 1 aromatic rings. The lowest BCUT2D eigenvalue weighted by molar-refractivity contribution is 0.0953. The van der Waals surface area contributed by atoms with E-state index in [2.05, 4.69) is 5.32 Å². The molecule has 0 saturated heterocycles. The second kappa shape index (κ2) is 6.43. The lowest BCUT2D eigenvalue weighted by Gasteiger charge is -2.05. The average Bonchev–Trinajstić information content (AvgIpc) is 2.25. The Morgan fingerprint density at radius 3 is 2.73 bits per heavy atom. The Labute approximate surface area is 94.6 Å². The minimum Gasteiger partial charge on any atom is -0.352 e. The summed E-state index contributed by atoms with van der Waals surface area (Å²) in [6.45, 7) is 1.29. The predicted molar refractivity (Wildman–Crippen MR) is 62.1 cm³/mol. The van der Waals surface area contributed by atoms with Crippen molar-refractivity contribution in [2.45, 2.75) is 12.8 Å². The topological polar surface area (TPSA) is 55.1 Å². The number of rotatable bonds is 5. The summed E-state index contributed by atoms with van der Waals surface area (Å²) in [7, 11) is 0. The van der Waals surface area contributed by atoms with Crippen LogP contribution in [0.4, 0.5) is 0 Å². The van der Waals surface area contributed by atoms with Crippen molar-refractivity contribution in [1.29, 1.82) is 0 Å². The molecule has 0 aliphatic heterocycles. The molecule has 3 nitrogen and oxygen atoms in total. The standard InChI is InChI=1S/C11H15ClN2O/c12-10-6-2-1-5-9(10)11(15)14-8-4-3-7-13/h1-2,5-6H,3-4,7-8,13H2,(H,14,15). The zero-order chi connectivity index (χ0) is 11.1. The van der Waals surface area contributed by atoms with Crippen molar-refractivity contribution >= 4 is 17.5 Å². The van der Waals surface area contributed by atoms with E-state index in [4.69, 9.17) is 17.3 Å². The summed E-state index contributed by atoms with van der Waals surface area (Å²) in [5.41, 5.74) is 5.87. The SMILES string of the molecule is NCCCCNC(=O)c1ccccc1Cl. The quantitative estimate of drug-likeness (QED) is 0.753. The van der Waals surface area contributed by atoms with Crippen LogP contribution < -0.4 is 11.1 Å². The summed E-state index contributed by atoms with van der Waals surface area (Å²) in [5, 5.41) is 3.28. The molecular formula is C11H15ClN2O. The van der Waals surface area contributed by atoms with Crippen LogP contribution in [0.5, 0.6) is 0 Å². The zero-order valence-electron chi connectivity index (χ0n) is 8.50. The van der Waals surface area contributed by atoms with E-state index in [-0.39, 0.29) is 5.91 Å². The van der Waals surface area contributed by atoms with Gasteiger partial charge in [-0.05, 0) is 31.5 Å². The highest BCUT2D eigenvalue weighted by Gasteiger charge is 2.07. The first-order chi connectivity index (χ1) is 7.25. The van der Waals surface area contributed by atoms with Gasteiger partial charge in [-0.25, -0.2) is 0 Å². The molecule has 1 rings (SSSR count). The fourth-order valence-electron chi connectivity index (χ4n) is 1.21. The summed E-state index contributed by atoms with van der Waals surface area (Å²) in [5.74, 6) is -0.127. The number of nitrogens with two attached hydrogens (primary N) is 1. The third kappa shape index (κ3) is 3.90. The molecular weight excluding hydrogens is 212 g/mol. The van der Waals surface area contributed by atoms with Gasteiger partial charge < -0.3 is 11.1 Å². The fourth-order valence-corrected chi connectivity index (χ4v) is 1.43. The van der Waals surface area contributed by atoms with Crippen LogP contribution in [0.3, 0.4) is 0 Å². The maximum Gasteiger partial charge on any atom is 0.252 e. The highest BCUT2D eigenvalue weighted by molar-refractivity contribution is 6.33. The summed E-state index contributed by atoms with van der Waals surface area (Å²) in [4.78, 5) is 11.6. The molecule has 0 aliphatic carbocycles. The van der Waals surface area contributed by atoms with E-state index in [1.165, 1.54) is 0 Å². The minimum atomic E-state index is -0.127. The molecule has 0 radical (unpaired) electrons. The molecule has 0 aliphatic rings. The van der Waals surface area contributed by atoms with Crippen LogP contribution in [-0.4, -0.2) is 19.0 Å². The largest absolute Gasteiger partial charge is 0.352 e. The van der Waals surface area contributed by atoms with Crippen molar-refractivity contribution in [3.8, 4) is 0 Å². The number of amides is 1. The number of carbonyl (C=O) groups is 1. The van der Waals surface area contributed by atoms with Gasteiger partial charge in [-0.2, -0.15) is 0 Å². The first-order valence-electron chi connectivity index (χ1n) is 4.98. The van der Waals surface area contributed by atoms with Crippen LogP contribution in [0.25, 0.3) is 0 Å². The second-order valence-electron chi connectivity index (χ2n) is 3.23. The molecule has 0 bridgehead atoms. The molecule has 0 spiro atoms. The summed E-state index contributed by atoms with van der Waals surface area (Å²) >= 11 is 5.88. The zero-order valence-corrected chi connectivity index (χ0v) is 9.26. The Morgan fingerprint density at radius 1 is 1.33 bits per heavy atom. The number of hydrogen-bond donors (Lipinski definition) is 2. The Balaban J connectivity index is 2.44. The molecule has 3 N–H and O–H groups in total. The maximum atomic E-state index is 11.6. The molecule has 0 saturated carbocycles. The van der Waals surface area contributed by atoms with Crippen molar-refractivity contribution in [2.75, 3.05) is 13.1 Å². The van der Waals surface area contributed by atoms with Gasteiger partial charge in [0.2, 0.25) is 0 Å². The van der Waals surface area contributed by atoms with Crippen molar-refractivity contribution in [3.05, 3.63) is 34.9 Å². The Bertz CT molecular complexity index is 328. The van der Waals surface area contributed by atoms with Crippen molar-refractivity contribution in [3.63, 3.8) is 0 Å². The molecule has 0 aromatic heterocycles. The van der Waals surface area contributed by atoms with Gasteiger partial charge in [0.1, 0.15) is 0 Å². The first kappa shape index (κ1) is 12.0. The van der Waals surface area contributed by atoms with Gasteiger partial charge in [-0.15, -0.1) is 0 Å². The number of halogens is 1. The van der Waals surface area contributed by atoms with Gasteiger partial charge in [0, 0.05) is 6.54 Å². The molecule has 1 amide bonds. The summed E-state index contributed by atoms with van der Waals surface area (Å²) in [6, 6.07) is 7.01. The highest BCUT2D eigenvalue weighted by atomic mass is 35.5. The third-order valence-electron chi connectivity index (χ3n) is 2.03. The number of benzene rings is 1. The molecule has 0 fully saturated rings. The van der Waals surface area contributed by atoms with Crippen molar-refractivity contribution in [1.82, 2.24) is 5.32 Å². The molecule has 1 aromatic carbocycles. The second-order valence-corrected chi connectivity index (χ2v) is 3.64. The summed E-state index contributed by atoms with van der Waals surface area (Å²) in [6.07, 6.45) is 1.81. The number of carbonyl (C=O) groups excluding carboxylic acids is 1. The van der Waals surface area contributed by atoms with Crippen molar-refractivity contribution in [2.24, 2.45) is 5.73 Å². The van der Waals surface area contributed by atoms with Crippen LogP contribution >= 0.6 is 11.6 Å². The fraction of sp³-hybridized carbons (Fsp3) is 0.364. The molecule has 4 heteroatoms. The van der Waals surface area contributed by atoms with Gasteiger partial charge in [0.05, 0.1) is 10.6 Å². The third-order valence-corrected chi connectivity index (χ3v) is 2.36. The Kier molecular flexibility index (Phi) is 5.15. The number of nitrogens with one attached hydrogen (secondary N) is 1. The maximum absolute atomic E-state index is 11.6. The average molecular weight is 227 g/mol. The van der Waals surface area contributed by atoms with Crippen molar-refractivity contribution < 1.29 is 4.79 Å². The Morgan fingerprint density at radius 2 is 2.07 bits per heavy atom. The molecule has 0 atom stereocenters. The van der Waals surface area contributed by atoms with Gasteiger partial charge >= 0.3 is 0 Å². The van der Waals surface area contributed by atoms with E-state index in [9.17, 15) is 4.79 Å². The monoisotopic (exact) mass is 226 g/mol. The van der Waals surface area contributed by atoms with Crippen LogP contribution in [0.2, 0.25) is 5.02 Å². The van der Waals surface area contributed by atoms with Gasteiger partial charge in [-0.3, -0.25) is 4.79 Å². The smallest absolute Gasteiger partial charge is 0.252 e. The van der Waals surface area contributed by atoms with E-state index in [1.54, 1.807) is 24.3 Å². The minimum absolute atomic E-state index is 0.127. The van der Waals surface area contributed by atoms with E-state index in [0.717, 1.165) is 12.8 Å². The van der Waals surface area contributed by atoms with E-state index in [0.29, 0.717) is 23.7 Å². The van der Waals surface area contributed by atoms with Gasteiger partial charge in [-0.1, -0.05) is 23.7 Å². The van der Waals surface area contributed by atoms with Crippen LogP contribution in [0.1, 0.15) is 23.2 Å².